The number of rotatable bonds is 2. The number of nitrogens with one attached hydrogen (secondary N) is 1. The van der Waals surface area contributed by atoms with Gasteiger partial charge in [0.1, 0.15) is 0 Å². The normalized spacial score (nSPS) is 30.0. The fraction of sp³-hybridized carbons (Fsp3) is 0.400. The summed E-state index contributed by atoms with van der Waals surface area (Å²) in [5.74, 6) is 1.14. The van der Waals surface area contributed by atoms with E-state index in [0.717, 1.165) is 25.9 Å². The average Bonchev–Trinajstić information content (AvgIpc) is 3.08. The Balaban J connectivity index is 1.90. The first-order valence-corrected chi connectivity index (χ1v) is 8.72. The zero-order chi connectivity index (χ0) is 15.0. The molecule has 114 valence electrons. The van der Waals surface area contributed by atoms with Gasteiger partial charge >= 0.3 is 0 Å². The minimum absolute atomic E-state index is 0.0993. The number of halogens is 1. The van der Waals surface area contributed by atoms with Gasteiger partial charge in [0.05, 0.1) is 0 Å². The van der Waals surface area contributed by atoms with Gasteiger partial charge in [-0.05, 0) is 48.9 Å². The van der Waals surface area contributed by atoms with Crippen molar-refractivity contribution in [1.29, 1.82) is 0 Å². The van der Waals surface area contributed by atoms with Gasteiger partial charge in [-0.1, -0.05) is 60.7 Å². The Hall–Kier alpha value is -1.31. The predicted molar refractivity (Wildman–Crippen MR) is 92.4 cm³/mol. The summed E-state index contributed by atoms with van der Waals surface area (Å²) in [6, 6.07) is 22.1. The van der Waals surface area contributed by atoms with Crippen molar-refractivity contribution in [1.82, 2.24) is 5.32 Å². The molecule has 2 fully saturated rings. The summed E-state index contributed by atoms with van der Waals surface area (Å²) in [6.07, 6.45) is 2.23. The Morgan fingerprint density at radius 3 is 2.05 bits per heavy atom. The van der Waals surface area contributed by atoms with Crippen LogP contribution in [0.25, 0.3) is 0 Å². The molecule has 1 heterocycles. The van der Waals surface area contributed by atoms with E-state index < -0.39 is 0 Å². The largest absolute Gasteiger partial charge is 0.316 e. The van der Waals surface area contributed by atoms with Gasteiger partial charge in [0.2, 0.25) is 0 Å². The number of fused-ring (bicyclic) bond motifs is 1. The molecule has 3 atom stereocenters. The van der Waals surface area contributed by atoms with Gasteiger partial charge in [-0.15, -0.1) is 11.6 Å². The highest BCUT2D eigenvalue weighted by atomic mass is 35.5. The maximum atomic E-state index is 6.68. The Morgan fingerprint density at radius 1 is 0.864 bits per heavy atom. The zero-order valence-electron chi connectivity index (χ0n) is 12.7. The summed E-state index contributed by atoms with van der Waals surface area (Å²) in [6.45, 7) is 2.12. The summed E-state index contributed by atoms with van der Waals surface area (Å²) in [4.78, 5) is 0. The van der Waals surface area contributed by atoms with Crippen LogP contribution in [0, 0.1) is 11.8 Å². The lowest BCUT2D eigenvalue weighted by Crippen LogP contribution is -2.47. The third-order valence-electron chi connectivity index (χ3n) is 5.75. The molecule has 1 N–H and O–H groups in total. The predicted octanol–water partition coefficient (Wildman–Crippen LogP) is 4.21. The highest BCUT2D eigenvalue weighted by molar-refractivity contribution is 6.20. The van der Waals surface area contributed by atoms with Crippen molar-refractivity contribution in [3.05, 3.63) is 71.8 Å². The third-order valence-corrected chi connectivity index (χ3v) is 6.29. The Bertz CT molecular complexity index is 585. The van der Waals surface area contributed by atoms with Crippen LogP contribution in [0.4, 0.5) is 0 Å². The van der Waals surface area contributed by atoms with Crippen LogP contribution < -0.4 is 5.32 Å². The molecule has 0 radical (unpaired) electrons. The van der Waals surface area contributed by atoms with Crippen molar-refractivity contribution in [2.45, 2.75) is 23.6 Å². The van der Waals surface area contributed by atoms with Crippen LogP contribution in [0.3, 0.4) is 0 Å². The summed E-state index contributed by atoms with van der Waals surface area (Å²) in [7, 11) is 0. The van der Waals surface area contributed by atoms with E-state index in [2.05, 4.69) is 66.0 Å². The summed E-state index contributed by atoms with van der Waals surface area (Å²) < 4.78 is 0. The molecule has 1 aliphatic heterocycles. The Kier molecular flexibility index (Phi) is 3.71. The average molecular weight is 312 g/mol. The van der Waals surface area contributed by atoms with Crippen molar-refractivity contribution >= 4 is 11.6 Å². The molecular formula is C20H22ClN. The van der Waals surface area contributed by atoms with Crippen molar-refractivity contribution in [3.63, 3.8) is 0 Å². The Labute approximate surface area is 137 Å². The van der Waals surface area contributed by atoms with E-state index in [4.69, 9.17) is 11.6 Å². The molecule has 1 saturated heterocycles. The first kappa shape index (κ1) is 14.3. The zero-order valence-corrected chi connectivity index (χ0v) is 13.5. The van der Waals surface area contributed by atoms with Crippen LogP contribution in [0.15, 0.2) is 60.7 Å². The van der Waals surface area contributed by atoms with Gasteiger partial charge in [-0.3, -0.25) is 0 Å². The smallest absolute Gasteiger partial charge is 0.0380 e. The van der Waals surface area contributed by atoms with Gasteiger partial charge in [0, 0.05) is 10.8 Å². The van der Waals surface area contributed by atoms with E-state index >= 15 is 0 Å². The lowest BCUT2D eigenvalue weighted by Gasteiger charge is -2.48. The first-order chi connectivity index (χ1) is 10.8. The van der Waals surface area contributed by atoms with Gasteiger partial charge in [0.15, 0.2) is 0 Å². The molecule has 1 aliphatic carbocycles. The minimum atomic E-state index is 0.0993. The summed E-state index contributed by atoms with van der Waals surface area (Å²) >= 11 is 6.68. The van der Waals surface area contributed by atoms with Crippen molar-refractivity contribution in [3.8, 4) is 0 Å². The molecule has 4 rings (SSSR count). The second-order valence-corrected chi connectivity index (χ2v) is 7.25. The molecule has 0 aromatic heterocycles. The van der Waals surface area contributed by atoms with Gasteiger partial charge in [-0.25, -0.2) is 0 Å². The fourth-order valence-corrected chi connectivity index (χ4v) is 5.11. The summed E-state index contributed by atoms with van der Waals surface area (Å²) in [5.41, 5.74) is 2.99. The van der Waals surface area contributed by atoms with Crippen LogP contribution in [0.5, 0.6) is 0 Å². The van der Waals surface area contributed by atoms with E-state index in [-0.39, 0.29) is 5.41 Å². The van der Waals surface area contributed by atoms with E-state index in [1.54, 1.807) is 0 Å². The topological polar surface area (TPSA) is 12.0 Å². The van der Waals surface area contributed by atoms with Crippen molar-refractivity contribution < 1.29 is 0 Å². The van der Waals surface area contributed by atoms with Crippen LogP contribution in [-0.4, -0.2) is 18.5 Å². The second-order valence-electron chi connectivity index (χ2n) is 6.69. The monoisotopic (exact) mass is 311 g/mol. The highest BCUT2D eigenvalue weighted by Gasteiger charge is 2.52. The van der Waals surface area contributed by atoms with Crippen LogP contribution in [0.2, 0.25) is 0 Å². The molecular weight excluding hydrogens is 290 g/mol. The fourth-order valence-electron chi connectivity index (χ4n) is 4.74. The Morgan fingerprint density at radius 2 is 1.45 bits per heavy atom. The second kappa shape index (κ2) is 5.72. The first-order valence-electron chi connectivity index (χ1n) is 8.28. The number of hydrogen-bond acceptors (Lipinski definition) is 1. The SMILES string of the molecule is Cl[C@@H]1CCC(c2ccccc2)(c2ccccc2)[C@@H]2CNC[C@H]12. The molecule has 1 nitrogen and oxygen atoms in total. The quantitative estimate of drug-likeness (QED) is 0.819. The van der Waals surface area contributed by atoms with Crippen LogP contribution in [0.1, 0.15) is 24.0 Å². The molecule has 0 spiro atoms. The number of benzene rings is 2. The number of alkyl halides is 1. The maximum absolute atomic E-state index is 6.68. The van der Waals surface area contributed by atoms with Crippen LogP contribution >= 0.6 is 11.6 Å². The van der Waals surface area contributed by atoms with Crippen LogP contribution in [-0.2, 0) is 5.41 Å². The van der Waals surface area contributed by atoms with E-state index in [0.29, 0.717) is 17.2 Å². The van der Waals surface area contributed by atoms with Crippen molar-refractivity contribution in [2.75, 3.05) is 13.1 Å². The molecule has 2 aromatic carbocycles. The molecule has 2 heteroatoms. The molecule has 22 heavy (non-hydrogen) atoms. The van der Waals surface area contributed by atoms with E-state index in [1.807, 2.05) is 0 Å². The highest BCUT2D eigenvalue weighted by Crippen LogP contribution is 2.53. The molecule has 0 amide bonds. The van der Waals surface area contributed by atoms with E-state index in [1.165, 1.54) is 11.1 Å². The van der Waals surface area contributed by atoms with Gasteiger partial charge < -0.3 is 5.32 Å². The lowest BCUT2D eigenvalue weighted by atomic mass is 9.56. The number of hydrogen-bond donors (Lipinski definition) is 1. The maximum Gasteiger partial charge on any atom is 0.0380 e. The third kappa shape index (κ3) is 2.11. The molecule has 2 aromatic rings. The summed E-state index contributed by atoms with van der Waals surface area (Å²) in [5, 5.41) is 3.91. The molecule has 0 unspecified atom stereocenters. The van der Waals surface area contributed by atoms with E-state index in [9.17, 15) is 0 Å². The molecule has 0 bridgehead atoms. The van der Waals surface area contributed by atoms with Gasteiger partial charge in [0.25, 0.3) is 0 Å². The van der Waals surface area contributed by atoms with Gasteiger partial charge in [-0.2, -0.15) is 0 Å². The standard InChI is InChI=1S/C20H22ClN/c21-19-11-12-20(15-7-3-1-4-8-15,16-9-5-2-6-10-16)18-14-22-13-17(18)19/h1-10,17-19,22H,11-14H2/t17-,18+,19+/m0/s1. The molecule has 2 aliphatic rings. The minimum Gasteiger partial charge on any atom is -0.316 e. The van der Waals surface area contributed by atoms with Crippen molar-refractivity contribution in [2.24, 2.45) is 11.8 Å². The molecule has 1 saturated carbocycles. The lowest BCUT2D eigenvalue weighted by molar-refractivity contribution is 0.193.